The topological polar surface area (TPSA) is 128 Å². The lowest BCUT2D eigenvalue weighted by Gasteiger charge is -2.43. The van der Waals surface area contributed by atoms with Gasteiger partial charge in [0.1, 0.15) is 24.4 Å². The van der Waals surface area contributed by atoms with Crippen LogP contribution in [-0.4, -0.2) is 74.4 Å². The lowest BCUT2D eigenvalue weighted by atomic mass is 9.96. The van der Waals surface area contributed by atoms with Crippen LogP contribution in [0.25, 0.3) is 0 Å². The second-order valence-corrected chi connectivity index (χ2v) is 4.38. The van der Waals surface area contributed by atoms with Gasteiger partial charge in [-0.2, -0.15) is 0 Å². The molecule has 0 bridgehead atoms. The number of rotatable bonds is 2. The van der Waals surface area contributed by atoms with Crippen molar-refractivity contribution in [2.24, 2.45) is 0 Å². The van der Waals surface area contributed by atoms with Crippen molar-refractivity contribution in [2.45, 2.75) is 43.5 Å². The zero-order chi connectivity index (χ0) is 13.4. The molecule has 0 spiro atoms. The summed E-state index contributed by atoms with van der Waals surface area (Å²) in [4.78, 5) is 23.8. The lowest BCUT2D eigenvalue weighted by molar-refractivity contribution is -0.267. The van der Waals surface area contributed by atoms with Gasteiger partial charge in [0.25, 0.3) is 0 Å². The second-order valence-electron chi connectivity index (χ2n) is 4.38. The maximum Gasteiger partial charge on any atom is 0.230 e. The molecule has 18 heavy (non-hydrogen) atoms. The fourth-order valence-electron chi connectivity index (χ4n) is 2.29. The van der Waals surface area contributed by atoms with Gasteiger partial charge in [-0.25, -0.2) is 0 Å². The molecule has 0 aromatic carbocycles. The van der Waals surface area contributed by atoms with E-state index < -0.39 is 49.1 Å². The Hall–Kier alpha value is -1.06. The van der Waals surface area contributed by atoms with Gasteiger partial charge >= 0.3 is 0 Å². The smallest absolute Gasteiger partial charge is 0.230 e. The zero-order valence-electron chi connectivity index (χ0n) is 9.47. The molecule has 102 valence electrons. The molecule has 0 aliphatic carbocycles. The molecule has 5 atom stereocenters. The predicted octanol–water partition coefficient (Wildman–Crippen LogP) is -3.06. The molecular formula is C10H15NO7. The van der Waals surface area contributed by atoms with Crippen LogP contribution in [0, 0.1) is 0 Å². The summed E-state index contributed by atoms with van der Waals surface area (Å²) >= 11 is 0. The number of amides is 2. The van der Waals surface area contributed by atoms with Crippen LogP contribution < -0.4 is 0 Å². The van der Waals surface area contributed by atoms with Gasteiger partial charge < -0.3 is 25.2 Å². The van der Waals surface area contributed by atoms with Crippen LogP contribution in [0.15, 0.2) is 0 Å². The van der Waals surface area contributed by atoms with Crippen molar-refractivity contribution in [3.8, 4) is 0 Å². The average Bonchev–Trinajstić information content (AvgIpc) is 2.65. The Bertz CT molecular complexity index is 344. The molecule has 2 rings (SSSR count). The van der Waals surface area contributed by atoms with E-state index in [0.29, 0.717) is 0 Å². The van der Waals surface area contributed by atoms with Crippen LogP contribution in [0.5, 0.6) is 0 Å². The normalized spacial score (nSPS) is 41.6. The first-order valence-electron chi connectivity index (χ1n) is 5.62. The Morgan fingerprint density at radius 1 is 1.11 bits per heavy atom. The largest absolute Gasteiger partial charge is 0.394 e. The zero-order valence-corrected chi connectivity index (χ0v) is 9.47. The van der Waals surface area contributed by atoms with E-state index in [2.05, 4.69) is 0 Å². The van der Waals surface area contributed by atoms with Crippen LogP contribution in [0.4, 0.5) is 0 Å². The number of likely N-dealkylation sites (tertiary alicyclic amines) is 1. The van der Waals surface area contributed by atoms with Gasteiger partial charge in [0.15, 0.2) is 6.29 Å². The summed E-state index contributed by atoms with van der Waals surface area (Å²) in [6.45, 7) is -0.593. The predicted molar refractivity (Wildman–Crippen MR) is 54.9 cm³/mol. The van der Waals surface area contributed by atoms with Crippen LogP contribution in [-0.2, 0) is 14.3 Å². The van der Waals surface area contributed by atoms with E-state index in [0.717, 1.165) is 4.90 Å². The van der Waals surface area contributed by atoms with Gasteiger partial charge in [0.2, 0.25) is 11.8 Å². The number of nitrogens with zero attached hydrogens (tertiary/aromatic N) is 1. The molecule has 2 fully saturated rings. The van der Waals surface area contributed by atoms with E-state index in [1.165, 1.54) is 0 Å². The van der Waals surface area contributed by atoms with Crippen molar-refractivity contribution in [2.75, 3.05) is 6.61 Å². The third-order valence-electron chi connectivity index (χ3n) is 3.26. The average molecular weight is 261 g/mol. The minimum Gasteiger partial charge on any atom is -0.394 e. The summed E-state index contributed by atoms with van der Waals surface area (Å²) in [7, 11) is 0. The van der Waals surface area contributed by atoms with Crippen LogP contribution in [0.3, 0.4) is 0 Å². The van der Waals surface area contributed by atoms with E-state index in [9.17, 15) is 24.9 Å². The van der Waals surface area contributed by atoms with Gasteiger partial charge in [0, 0.05) is 12.8 Å². The summed E-state index contributed by atoms with van der Waals surface area (Å²) < 4.78 is 4.89. The molecule has 4 N–H and O–H groups in total. The van der Waals surface area contributed by atoms with Crippen molar-refractivity contribution < 1.29 is 34.8 Å². The quantitative estimate of drug-likeness (QED) is 0.388. The Kier molecular flexibility index (Phi) is 3.64. The Morgan fingerprint density at radius 3 is 2.17 bits per heavy atom. The highest BCUT2D eigenvalue weighted by Crippen LogP contribution is 2.27. The van der Waals surface area contributed by atoms with E-state index in [-0.39, 0.29) is 12.8 Å². The van der Waals surface area contributed by atoms with Crippen molar-refractivity contribution in [1.29, 1.82) is 0 Å². The number of imide groups is 1. The minimum absolute atomic E-state index is 0.00823. The molecule has 2 aliphatic heterocycles. The van der Waals surface area contributed by atoms with E-state index >= 15 is 0 Å². The van der Waals surface area contributed by atoms with E-state index in [1.807, 2.05) is 0 Å². The Morgan fingerprint density at radius 2 is 1.67 bits per heavy atom. The van der Waals surface area contributed by atoms with Crippen LogP contribution in [0.2, 0.25) is 0 Å². The molecule has 8 nitrogen and oxygen atoms in total. The number of hydrogen-bond acceptors (Lipinski definition) is 7. The summed E-state index contributed by atoms with van der Waals surface area (Å²) in [5.74, 6) is -1.05. The van der Waals surface area contributed by atoms with Crippen LogP contribution in [0.1, 0.15) is 12.8 Å². The Balaban J connectivity index is 2.22. The number of hydrogen-bond donors (Lipinski definition) is 4. The number of carbonyl (C=O) groups is 2. The third-order valence-corrected chi connectivity index (χ3v) is 3.26. The maximum atomic E-state index is 11.5. The van der Waals surface area contributed by atoms with Crippen molar-refractivity contribution in [1.82, 2.24) is 4.90 Å². The first-order chi connectivity index (χ1) is 8.47. The standard InChI is InChI=1S/C10H15NO7/c12-3-4-8(15)9(16)7(10(17)18-4)11-5(13)1-2-6(11)14/h4,7-10,12,15-17H,1-3H2/t4-,7-,8+,9-,10?/m1/s1. The fourth-order valence-corrected chi connectivity index (χ4v) is 2.29. The minimum atomic E-state index is -1.63. The summed E-state index contributed by atoms with van der Waals surface area (Å²) in [5, 5.41) is 38.1. The van der Waals surface area contributed by atoms with Crippen LogP contribution >= 0.6 is 0 Å². The first kappa shape index (κ1) is 13.4. The highest BCUT2D eigenvalue weighted by atomic mass is 16.6. The second kappa shape index (κ2) is 4.90. The summed E-state index contributed by atoms with van der Waals surface area (Å²) in [6.07, 6.45) is -5.81. The fraction of sp³-hybridized carbons (Fsp3) is 0.800. The number of ether oxygens (including phenoxy) is 1. The molecule has 8 heteroatoms. The molecule has 0 aromatic rings. The molecule has 2 heterocycles. The van der Waals surface area contributed by atoms with E-state index in [4.69, 9.17) is 9.84 Å². The van der Waals surface area contributed by atoms with Gasteiger partial charge in [-0.3, -0.25) is 14.5 Å². The summed E-state index contributed by atoms with van der Waals surface area (Å²) in [5.41, 5.74) is 0. The SMILES string of the molecule is O=C1CCC(=O)N1[C@H]1C(O)O[C@H](CO)[C@H](O)[C@@H]1O. The highest BCUT2D eigenvalue weighted by molar-refractivity contribution is 6.02. The number of aliphatic hydroxyl groups is 4. The first-order valence-corrected chi connectivity index (χ1v) is 5.62. The maximum absolute atomic E-state index is 11.5. The molecule has 2 amide bonds. The van der Waals surface area contributed by atoms with Gasteiger partial charge in [0.05, 0.1) is 6.61 Å². The summed E-state index contributed by atoms with van der Waals surface area (Å²) in [6, 6.07) is -1.34. The van der Waals surface area contributed by atoms with Crippen molar-refractivity contribution >= 4 is 11.8 Å². The Labute approximate surface area is 102 Å². The molecule has 2 saturated heterocycles. The molecule has 2 aliphatic rings. The van der Waals surface area contributed by atoms with Crippen molar-refractivity contribution in [3.05, 3.63) is 0 Å². The molecule has 1 unspecified atom stereocenters. The molecular weight excluding hydrogens is 246 g/mol. The van der Waals surface area contributed by atoms with Gasteiger partial charge in [-0.05, 0) is 0 Å². The monoisotopic (exact) mass is 261 g/mol. The molecule has 0 saturated carbocycles. The van der Waals surface area contributed by atoms with Gasteiger partial charge in [-0.1, -0.05) is 0 Å². The molecule has 0 radical (unpaired) electrons. The number of aliphatic hydroxyl groups excluding tert-OH is 4. The molecule has 0 aromatic heterocycles. The highest BCUT2D eigenvalue weighted by Gasteiger charge is 2.50. The van der Waals surface area contributed by atoms with Gasteiger partial charge in [-0.15, -0.1) is 0 Å². The van der Waals surface area contributed by atoms with Crippen molar-refractivity contribution in [3.63, 3.8) is 0 Å². The van der Waals surface area contributed by atoms with E-state index in [1.54, 1.807) is 0 Å². The lowest BCUT2D eigenvalue weighted by Crippen LogP contribution is -2.65. The third kappa shape index (κ3) is 2.02. The number of carbonyl (C=O) groups excluding carboxylic acids is 2.